The van der Waals surface area contributed by atoms with Gasteiger partial charge in [-0.1, -0.05) is 11.6 Å². The van der Waals surface area contributed by atoms with Crippen LogP contribution in [0.1, 0.15) is 0 Å². The fourth-order valence-electron chi connectivity index (χ4n) is 1.78. The summed E-state index contributed by atoms with van der Waals surface area (Å²) in [5.41, 5.74) is 0.788. The summed E-state index contributed by atoms with van der Waals surface area (Å²) in [6.45, 7) is 0. The number of ether oxygens (including phenoxy) is 1. The number of pyridine rings is 1. The first-order chi connectivity index (χ1) is 8.78. The molecule has 0 saturated carbocycles. The van der Waals surface area contributed by atoms with Crippen LogP contribution < -0.4 is 4.74 Å². The Kier molecular flexibility index (Phi) is 2.89. The Hall–Kier alpha value is -1.65. The van der Waals surface area contributed by atoms with Crippen LogP contribution in [0.25, 0.3) is 21.5 Å². The average Bonchev–Trinajstić information content (AvgIpc) is 2.91. The molecule has 18 heavy (non-hydrogen) atoms. The summed E-state index contributed by atoms with van der Waals surface area (Å²) < 4.78 is 5.22. The molecular weight excluding hydrogens is 268 g/mol. The largest absolute Gasteiger partial charge is 0.497 e. The van der Waals surface area contributed by atoms with Gasteiger partial charge in [0, 0.05) is 17.0 Å². The molecule has 0 aliphatic rings. The zero-order chi connectivity index (χ0) is 12.5. The number of hydrogen-bond donors (Lipinski definition) is 0. The van der Waals surface area contributed by atoms with Gasteiger partial charge in [0.2, 0.25) is 0 Å². The molecule has 5 heteroatoms. The van der Waals surface area contributed by atoms with Crippen LogP contribution in [0.5, 0.6) is 5.75 Å². The van der Waals surface area contributed by atoms with Gasteiger partial charge in [-0.05, 0) is 29.7 Å². The maximum absolute atomic E-state index is 6.20. The number of benzene rings is 1. The number of fused-ring (bicyclic) bond motifs is 1. The van der Waals surface area contributed by atoms with Gasteiger partial charge in [-0.25, -0.2) is 9.97 Å². The Labute approximate surface area is 113 Å². The van der Waals surface area contributed by atoms with Crippen molar-refractivity contribution in [3.8, 4) is 16.5 Å². The fourth-order valence-corrected chi connectivity index (χ4v) is 2.64. The predicted octanol–water partition coefficient (Wildman–Crippen LogP) is 4.02. The molecule has 0 unspecified atom stereocenters. The Morgan fingerprint density at radius 2 is 2.17 bits per heavy atom. The van der Waals surface area contributed by atoms with E-state index in [-0.39, 0.29) is 0 Å². The van der Waals surface area contributed by atoms with E-state index in [4.69, 9.17) is 16.3 Å². The zero-order valence-electron chi connectivity index (χ0n) is 9.55. The van der Waals surface area contributed by atoms with Gasteiger partial charge in [-0.15, -0.1) is 11.3 Å². The minimum atomic E-state index is 0.486. The number of nitrogens with zero attached hydrogens (tertiary/aromatic N) is 2. The lowest BCUT2D eigenvalue weighted by atomic mass is 10.1. The highest BCUT2D eigenvalue weighted by Crippen LogP contribution is 2.30. The van der Waals surface area contributed by atoms with Gasteiger partial charge in [0.25, 0.3) is 0 Å². The third-order valence-corrected chi connectivity index (χ3v) is 3.73. The van der Waals surface area contributed by atoms with Crippen LogP contribution in [0.4, 0.5) is 0 Å². The van der Waals surface area contributed by atoms with Crippen LogP contribution in [0.3, 0.4) is 0 Å². The smallest absolute Gasteiger partial charge is 0.141 e. The first-order valence-corrected chi connectivity index (χ1v) is 6.58. The van der Waals surface area contributed by atoms with Gasteiger partial charge in [0.05, 0.1) is 7.11 Å². The van der Waals surface area contributed by atoms with Crippen molar-refractivity contribution in [1.82, 2.24) is 9.97 Å². The van der Waals surface area contributed by atoms with E-state index >= 15 is 0 Å². The molecule has 2 heterocycles. The third kappa shape index (κ3) is 1.94. The predicted molar refractivity (Wildman–Crippen MR) is 74.4 cm³/mol. The monoisotopic (exact) mass is 276 g/mol. The summed E-state index contributed by atoms with van der Waals surface area (Å²) in [6, 6.07) is 7.71. The van der Waals surface area contributed by atoms with Crippen molar-refractivity contribution >= 4 is 33.7 Å². The topological polar surface area (TPSA) is 35.0 Å². The highest BCUT2D eigenvalue weighted by atomic mass is 35.5. The number of aromatic nitrogens is 2. The summed E-state index contributed by atoms with van der Waals surface area (Å²) in [5.74, 6) is 0.801. The second kappa shape index (κ2) is 4.55. The minimum absolute atomic E-state index is 0.486. The fraction of sp³-hybridized carbons (Fsp3) is 0.0769. The Bertz CT molecular complexity index is 698. The average molecular weight is 277 g/mol. The summed E-state index contributed by atoms with van der Waals surface area (Å²) in [5, 5.41) is 5.18. The normalized spacial score (nSPS) is 10.8. The molecule has 3 rings (SSSR count). The summed E-state index contributed by atoms with van der Waals surface area (Å²) >= 11 is 7.74. The van der Waals surface area contributed by atoms with E-state index in [1.807, 2.05) is 29.6 Å². The SMILES string of the molecule is COc1ccc2c(Cl)nc(-c3nccs3)cc2c1. The summed E-state index contributed by atoms with van der Waals surface area (Å²) in [6.07, 6.45) is 1.76. The van der Waals surface area contributed by atoms with E-state index in [0.29, 0.717) is 5.15 Å². The van der Waals surface area contributed by atoms with Crippen molar-refractivity contribution in [2.45, 2.75) is 0 Å². The lowest BCUT2D eigenvalue weighted by Gasteiger charge is -2.05. The molecule has 0 radical (unpaired) electrons. The van der Waals surface area contributed by atoms with Crippen LogP contribution in [0.15, 0.2) is 35.8 Å². The molecule has 0 fully saturated rings. The lowest BCUT2D eigenvalue weighted by Crippen LogP contribution is -1.87. The first-order valence-electron chi connectivity index (χ1n) is 5.32. The number of methoxy groups -OCH3 is 1. The molecule has 0 atom stereocenters. The Balaban J connectivity index is 2.24. The van der Waals surface area contributed by atoms with Gasteiger partial charge in [-0.2, -0.15) is 0 Å². The van der Waals surface area contributed by atoms with Crippen LogP contribution >= 0.6 is 22.9 Å². The summed E-state index contributed by atoms with van der Waals surface area (Å²) in [7, 11) is 1.64. The van der Waals surface area contributed by atoms with E-state index in [1.54, 1.807) is 13.3 Å². The van der Waals surface area contributed by atoms with Crippen molar-refractivity contribution in [3.63, 3.8) is 0 Å². The molecule has 0 aliphatic carbocycles. The van der Waals surface area contributed by atoms with E-state index in [1.165, 1.54) is 11.3 Å². The van der Waals surface area contributed by atoms with E-state index in [9.17, 15) is 0 Å². The molecule has 3 nitrogen and oxygen atoms in total. The molecule has 2 aromatic heterocycles. The van der Waals surface area contributed by atoms with Crippen LogP contribution in [0.2, 0.25) is 5.15 Å². The molecule has 0 aliphatic heterocycles. The van der Waals surface area contributed by atoms with Crippen LogP contribution in [-0.4, -0.2) is 17.1 Å². The molecule has 0 spiro atoms. The molecule has 1 aromatic carbocycles. The van der Waals surface area contributed by atoms with E-state index < -0.39 is 0 Å². The van der Waals surface area contributed by atoms with Gasteiger partial charge in [-0.3, -0.25) is 0 Å². The third-order valence-electron chi connectivity index (χ3n) is 2.64. The van der Waals surface area contributed by atoms with Gasteiger partial charge >= 0.3 is 0 Å². The van der Waals surface area contributed by atoms with E-state index in [2.05, 4.69) is 9.97 Å². The standard InChI is InChI=1S/C13H9ClN2OS/c1-17-9-2-3-10-8(6-9)7-11(16-12(10)14)13-15-4-5-18-13/h2-7H,1H3. The first kappa shape index (κ1) is 11.4. The highest BCUT2D eigenvalue weighted by Gasteiger charge is 2.08. The van der Waals surface area contributed by atoms with Crippen LogP contribution in [-0.2, 0) is 0 Å². The lowest BCUT2D eigenvalue weighted by molar-refractivity contribution is 0.415. The number of rotatable bonds is 2. The van der Waals surface area contributed by atoms with Crippen molar-refractivity contribution in [2.75, 3.05) is 7.11 Å². The zero-order valence-corrected chi connectivity index (χ0v) is 11.1. The van der Waals surface area contributed by atoms with Crippen molar-refractivity contribution in [1.29, 1.82) is 0 Å². The van der Waals surface area contributed by atoms with E-state index in [0.717, 1.165) is 27.2 Å². The molecule has 0 amide bonds. The van der Waals surface area contributed by atoms with Crippen molar-refractivity contribution in [2.24, 2.45) is 0 Å². The highest BCUT2D eigenvalue weighted by molar-refractivity contribution is 7.13. The molecule has 90 valence electrons. The Morgan fingerprint density at radius 3 is 2.89 bits per heavy atom. The van der Waals surface area contributed by atoms with Gasteiger partial charge in [0.1, 0.15) is 21.6 Å². The summed E-state index contributed by atoms with van der Waals surface area (Å²) in [4.78, 5) is 8.61. The maximum Gasteiger partial charge on any atom is 0.141 e. The number of hydrogen-bond acceptors (Lipinski definition) is 4. The van der Waals surface area contributed by atoms with Crippen LogP contribution in [0, 0.1) is 0 Å². The van der Waals surface area contributed by atoms with Gasteiger partial charge in [0.15, 0.2) is 0 Å². The molecule has 0 saturated heterocycles. The molecular formula is C13H9ClN2OS. The minimum Gasteiger partial charge on any atom is -0.497 e. The second-order valence-electron chi connectivity index (χ2n) is 3.72. The number of halogens is 1. The number of thiazole rings is 1. The Morgan fingerprint density at radius 1 is 1.28 bits per heavy atom. The molecule has 0 N–H and O–H groups in total. The quantitative estimate of drug-likeness (QED) is 0.663. The molecule has 3 aromatic rings. The second-order valence-corrected chi connectivity index (χ2v) is 4.98. The van der Waals surface area contributed by atoms with Gasteiger partial charge < -0.3 is 4.74 Å². The maximum atomic E-state index is 6.20. The van der Waals surface area contributed by atoms with Crippen molar-refractivity contribution < 1.29 is 4.74 Å². The molecule has 0 bridgehead atoms. The van der Waals surface area contributed by atoms with Crippen molar-refractivity contribution in [3.05, 3.63) is 41.0 Å².